The molecule has 2 aromatic rings. The number of imide groups is 2. The highest BCUT2D eigenvalue weighted by atomic mass is 16.2. The second-order valence-electron chi connectivity index (χ2n) is 6.46. The number of hydrogen-bond acceptors (Lipinski definition) is 4. The zero-order valence-corrected chi connectivity index (χ0v) is 14.4. The maximum atomic E-state index is 12.3. The van der Waals surface area contributed by atoms with Crippen molar-refractivity contribution >= 4 is 23.6 Å². The molecule has 0 aliphatic carbocycles. The minimum absolute atomic E-state index is 0.260. The van der Waals surface area contributed by atoms with Gasteiger partial charge in [0.05, 0.1) is 22.3 Å². The molecule has 2 aliphatic heterocycles. The number of carbonyl (C=O) groups excluding carboxylic acids is 4. The molecule has 130 valence electrons. The first-order valence-electron chi connectivity index (χ1n) is 8.36. The lowest BCUT2D eigenvalue weighted by Gasteiger charge is -2.08. The van der Waals surface area contributed by atoms with Gasteiger partial charge in [0.15, 0.2) is 0 Å². The smallest absolute Gasteiger partial charge is 0.261 e. The van der Waals surface area contributed by atoms with E-state index in [-0.39, 0.29) is 23.6 Å². The van der Waals surface area contributed by atoms with Gasteiger partial charge in [-0.15, -0.1) is 0 Å². The van der Waals surface area contributed by atoms with E-state index >= 15 is 0 Å². The van der Waals surface area contributed by atoms with Crippen LogP contribution in [0.4, 0.5) is 0 Å². The third kappa shape index (κ3) is 2.19. The summed E-state index contributed by atoms with van der Waals surface area (Å²) in [7, 11) is 1.47. The van der Waals surface area contributed by atoms with Gasteiger partial charge >= 0.3 is 0 Å². The van der Waals surface area contributed by atoms with Crippen molar-refractivity contribution in [3.8, 4) is 0 Å². The molecule has 0 radical (unpaired) electrons. The van der Waals surface area contributed by atoms with Crippen LogP contribution in [0.1, 0.15) is 59.5 Å². The quantitative estimate of drug-likeness (QED) is 0.797. The molecule has 0 fully saturated rings. The van der Waals surface area contributed by atoms with Crippen LogP contribution in [0.25, 0.3) is 0 Å². The number of nitrogens with zero attached hydrogens (tertiary/aromatic N) is 2. The third-order valence-electron chi connectivity index (χ3n) is 4.91. The van der Waals surface area contributed by atoms with Gasteiger partial charge in [0.2, 0.25) is 0 Å². The Kier molecular flexibility index (Phi) is 3.50. The van der Waals surface area contributed by atoms with E-state index in [1.165, 1.54) is 11.9 Å². The lowest BCUT2D eigenvalue weighted by atomic mass is 9.98. The van der Waals surface area contributed by atoms with E-state index in [2.05, 4.69) is 0 Å². The summed E-state index contributed by atoms with van der Waals surface area (Å²) in [5.41, 5.74) is 3.39. The number of benzene rings is 2. The predicted octanol–water partition coefficient (Wildman–Crippen LogP) is 2.12. The van der Waals surface area contributed by atoms with Crippen LogP contribution in [-0.4, -0.2) is 47.0 Å². The second kappa shape index (κ2) is 5.62. The minimum atomic E-state index is -0.305. The average Bonchev–Trinajstić information content (AvgIpc) is 3.01. The standard InChI is InChI=1S/C20H16N2O4/c1-3-22-19(25)14-7-5-12(10-16(14)20(22)26)8-11-4-6-13-15(9-11)18(24)21(2)17(13)23/h4-7,9-10H,3,8H2,1-2H3. The Morgan fingerprint density at radius 1 is 0.692 bits per heavy atom. The second-order valence-corrected chi connectivity index (χ2v) is 6.46. The maximum absolute atomic E-state index is 12.3. The molecule has 4 amide bonds. The normalized spacial score (nSPS) is 15.8. The molecule has 2 aliphatic rings. The van der Waals surface area contributed by atoms with Crippen molar-refractivity contribution in [2.45, 2.75) is 13.3 Å². The van der Waals surface area contributed by atoms with E-state index < -0.39 is 0 Å². The zero-order valence-electron chi connectivity index (χ0n) is 14.4. The highest BCUT2D eigenvalue weighted by Gasteiger charge is 2.35. The molecular weight excluding hydrogens is 332 g/mol. The first kappa shape index (κ1) is 16.2. The van der Waals surface area contributed by atoms with Crippen molar-refractivity contribution in [3.05, 3.63) is 69.8 Å². The van der Waals surface area contributed by atoms with Crippen LogP contribution in [0.2, 0.25) is 0 Å². The van der Waals surface area contributed by atoms with Crippen molar-refractivity contribution in [2.24, 2.45) is 0 Å². The molecule has 2 heterocycles. The Bertz CT molecular complexity index is 1010. The van der Waals surface area contributed by atoms with Gasteiger partial charge in [-0.2, -0.15) is 0 Å². The van der Waals surface area contributed by atoms with E-state index in [0.717, 1.165) is 16.0 Å². The molecule has 0 saturated carbocycles. The van der Waals surface area contributed by atoms with E-state index in [4.69, 9.17) is 0 Å². The van der Waals surface area contributed by atoms with Crippen LogP contribution >= 0.6 is 0 Å². The van der Waals surface area contributed by atoms with Crippen molar-refractivity contribution in [3.63, 3.8) is 0 Å². The zero-order chi connectivity index (χ0) is 18.6. The van der Waals surface area contributed by atoms with E-state index in [1.807, 2.05) is 12.1 Å². The van der Waals surface area contributed by atoms with Crippen LogP contribution in [0, 0.1) is 0 Å². The van der Waals surface area contributed by atoms with Gasteiger partial charge < -0.3 is 0 Å². The summed E-state index contributed by atoms with van der Waals surface area (Å²) in [6.07, 6.45) is 0.499. The molecule has 2 aromatic carbocycles. The third-order valence-corrected chi connectivity index (χ3v) is 4.91. The summed E-state index contributed by atoms with van der Waals surface area (Å²) in [5, 5.41) is 0. The van der Waals surface area contributed by atoms with Crippen molar-refractivity contribution in [1.82, 2.24) is 9.80 Å². The molecule has 0 spiro atoms. The molecule has 0 atom stereocenters. The number of hydrogen-bond donors (Lipinski definition) is 0. The summed E-state index contributed by atoms with van der Waals surface area (Å²) in [4.78, 5) is 50.9. The van der Waals surface area contributed by atoms with Crippen molar-refractivity contribution in [1.29, 1.82) is 0 Å². The Balaban J connectivity index is 1.66. The molecule has 0 bridgehead atoms. The van der Waals surface area contributed by atoms with Crippen molar-refractivity contribution < 1.29 is 19.2 Å². The van der Waals surface area contributed by atoms with Gasteiger partial charge in [0, 0.05) is 13.6 Å². The van der Waals surface area contributed by atoms with Crippen LogP contribution in [0.3, 0.4) is 0 Å². The number of amides is 4. The monoisotopic (exact) mass is 348 g/mol. The molecule has 0 saturated heterocycles. The van der Waals surface area contributed by atoms with Crippen LogP contribution in [0.15, 0.2) is 36.4 Å². The largest absolute Gasteiger partial charge is 0.277 e. The fourth-order valence-electron chi connectivity index (χ4n) is 3.49. The Morgan fingerprint density at radius 2 is 1.15 bits per heavy atom. The molecule has 0 unspecified atom stereocenters. The van der Waals surface area contributed by atoms with Gasteiger partial charge in [0.1, 0.15) is 0 Å². The highest BCUT2D eigenvalue weighted by molar-refractivity contribution is 6.22. The van der Waals surface area contributed by atoms with E-state index in [0.29, 0.717) is 35.2 Å². The summed E-state index contributed by atoms with van der Waals surface area (Å²) in [5.74, 6) is -1.13. The fraction of sp³-hybridized carbons (Fsp3) is 0.200. The summed E-state index contributed by atoms with van der Waals surface area (Å²) < 4.78 is 0. The van der Waals surface area contributed by atoms with Gasteiger partial charge in [-0.1, -0.05) is 12.1 Å². The van der Waals surface area contributed by atoms with E-state index in [9.17, 15) is 19.2 Å². The van der Waals surface area contributed by atoms with Crippen LogP contribution in [0.5, 0.6) is 0 Å². The number of carbonyl (C=O) groups is 4. The fourth-order valence-corrected chi connectivity index (χ4v) is 3.49. The molecule has 4 rings (SSSR count). The topological polar surface area (TPSA) is 74.8 Å². The molecule has 6 nitrogen and oxygen atoms in total. The lowest BCUT2D eigenvalue weighted by Crippen LogP contribution is -2.29. The average molecular weight is 348 g/mol. The SMILES string of the molecule is CCN1C(=O)c2ccc(Cc3ccc4c(c3)C(=O)N(C)C4=O)cc2C1=O. The summed E-state index contributed by atoms with van der Waals surface area (Å²) in [6.45, 7) is 2.11. The minimum Gasteiger partial charge on any atom is -0.277 e. The van der Waals surface area contributed by atoms with Gasteiger partial charge in [-0.05, 0) is 48.7 Å². The van der Waals surface area contributed by atoms with Gasteiger partial charge in [-0.3, -0.25) is 29.0 Å². The Hall–Kier alpha value is -3.28. The molecule has 0 N–H and O–H groups in total. The Labute approximate surface area is 150 Å². The molecule has 26 heavy (non-hydrogen) atoms. The molecule has 0 aromatic heterocycles. The highest BCUT2D eigenvalue weighted by Crippen LogP contribution is 2.27. The summed E-state index contributed by atoms with van der Waals surface area (Å²) >= 11 is 0. The lowest BCUT2D eigenvalue weighted by molar-refractivity contribution is 0.0656. The van der Waals surface area contributed by atoms with Gasteiger partial charge in [-0.25, -0.2) is 0 Å². The first-order chi connectivity index (χ1) is 12.4. The number of rotatable bonds is 3. The van der Waals surface area contributed by atoms with E-state index in [1.54, 1.807) is 31.2 Å². The molecule has 6 heteroatoms. The predicted molar refractivity (Wildman–Crippen MR) is 93.2 cm³/mol. The first-order valence-corrected chi connectivity index (χ1v) is 8.36. The summed E-state index contributed by atoms with van der Waals surface area (Å²) in [6, 6.07) is 10.4. The molecular formula is C20H16N2O4. The Morgan fingerprint density at radius 3 is 1.73 bits per heavy atom. The number of fused-ring (bicyclic) bond motifs is 2. The van der Waals surface area contributed by atoms with Gasteiger partial charge in [0.25, 0.3) is 23.6 Å². The van der Waals surface area contributed by atoms with Crippen LogP contribution in [-0.2, 0) is 6.42 Å². The maximum Gasteiger partial charge on any atom is 0.261 e. The van der Waals surface area contributed by atoms with Crippen molar-refractivity contribution in [2.75, 3.05) is 13.6 Å². The van der Waals surface area contributed by atoms with Crippen LogP contribution < -0.4 is 0 Å².